The van der Waals surface area contributed by atoms with Gasteiger partial charge in [-0.1, -0.05) is 58.8 Å². The van der Waals surface area contributed by atoms with Gasteiger partial charge in [-0.2, -0.15) is 0 Å². The standard InChI is InChI=1S/C15H28/c1-13(2)15-10-4-3-7-14(8-5-11-15)9-6-12-15/h13-14H,3-12H2,1-2H3. The minimum absolute atomic E-state index is 0.731. The zero-order chi connectivity index (χ0) is 10.7. The Morgan fingerprint density at radius 1 is 0.800 bits per heavy atom. The number of hydrogen-bond donors (Lipinski definition) is 0. The van der Waals surface area contributed by atoms with Crippen LogP contribution >= 0.6 is 0 Å². The topological polar surface area (TPSA) is 0 Å². The smallest absolute Gasteiger partial charge is 0.0274 e. The fourth-order valence-corrected chi connectivity index (χ4v) is 4.07. The average Bonchev–Trinajstić information content (AvgIpc) is 2.31. The summed E-state index contributed by atoms with van der Waals surface area (Å²) in [4.78, 5) is 0. The van der Waals surface area contributed by atoms with Crippen LogP contribution in [-0.2, 0) is 0 Å². The SMILES string of the molecule is CC(C)C12CCCCC(CCC1)CCC2. The van der Waals surface area contributed by atoms with Gasteiger partial charge in [-0.15, -0.1) is 0 Å². The Morgan fingerprint density at radius 2 is 1.33 bits per heavy atom. The van der Waals surface area contributed by atoms with Gasteiger partial charge in [0.05, 0.1) is 0 Å². The van der Waals surface area contributed by atoms with E-state index >= 15 is 0 Å². The van der Waals surface area contributed by atoms with Crippen molar-refractivity contribution in [1.82, 2.24) is 0 Å². The molecule has 0 unspecified atom stereocenters. The number of rotatable bonds is 1. The minimum atomic E-state index is 0.731. The molecule has 0 N–H and O–H groups in total. The molecule has 88 valence electrons. The lowest BCUT2D eigenvalue weighted by Crippen LogP contribution is -2.28. The van der Waals surface area contributed by atoms with E-state index in [1.807, 2.05) is 0 Å². The van der Waals surface area contributed by atoms with Crippen molar-refractivity contribution in [2.24, 2.45) is 17.3 Å². The van der Waals surface area contributed by atoms with Crippen LogP contribution in [0.5, 0.6) is 0 Å². The van der Waals surface area contributed by atoms with Crippen LogP contribution in [0.3, 0.4) is 0 Å². The summed E-state index contributed by atoms with van der Waals surface area (Å²) in [5.41, 5.74) is 0.731. The molecule has 0 heterocycles. The van der Waals surface area contributed by atoms with E-state index < -0.39 is 0 Å². The van der Waals surface area contributed by atoms with E-state index in [0.717, 1.165) is 17.3 Å². The quantitative estimate of drug-likeness (QED) is 0.557. The summed E-state index contributed by atoms with van der Waals surface area (Å²) < 4.78 is 0. The summed E-state index contributed by atoms with van der Waals surface area (Å²) in [6.45, 7) is 4.94. The molecule has 0 amide bonds. The molecule has 3 fully saturated rings. The Morgan fingerprint density at radius 3 is 1.93 bits per heavy atom. The molecule has 3 aliphatic rings. The second kappa shape index (κ2) is 4.89. The second-order valence-electron chi connectivity index (χ2n) is 6.41. The van der Waals surface area contributed by atoms with Crippen molar-refractivity contribution < 1.29 is 0 Å². The van der Waals surface area contributed by atoms with Crippen molar-refractivity contribution in [1.29, 1.82) is 0 Å². The summed E-state index contributed by atoms with van der Waals surface area (Å²) >= 11 is 0. The van der Waals surface area contributed by atoms with Crippen molar-refractivity contribution >= 4 is 0 Å². The molecule has 3 aliphatic carbocycles. The Hall–Kier alpha value is 0. The zero-order valence-corrected chi connectivity index (χ0v) is 10.7. The molecule has 0 atom stereocenters. The Bertz CT molecular complexity index is 177. The maximum Gasteiger partial charge on any atom is -0.0274 e. The first-order valence-electron chi connectivity index (χ1n) is 7.23. The van der Waals surface area contributed by atoms with Gasteiger partial charge in [-0.3, -0.25) is 0 Å². The summed E-state index contributed by atoms with van der Waals surface area (Å²) in [6, 6.07) is 0. The summed E-state index contributed by atoms with van der Waals surface area (Å²) in [7, 11) is 0. The third-order valence-corrected chi connectivity index (χ3v) is 5.34. The number of hydrogen-bond acceptors (Lipinski definition) is 0. The fraction of sp³-hybridized carbons (Fsp3) is 1.00. The lowest BCUT2D eigenvalue weighted by atomic mass is 9.66. The lowest BCUT2D eigenvalue weighted by Gasteiger charge is -2.39. The normalized spacial score (nSPS) is 38.2. The highest BCUT2D eigenvalue weighted by Gasteiger charge is 2.34. The van der Waals surface area contributed by atoms with Gasteiger partial charge in [-0.25, -0.2) is 0 Å². The van der Waals surface area contributed by atoms with E-state index in [1.165, 1.54) is 64.2 Å². The van der Waals surface area contributed by atoms with Crippen LogP contribution < -0.4 is 0 Å². The predicted octanol–water partition coefficient (Wildman–Crippen LogP) is 5.17. The van der Waals surface area contributed by atoms with Gasteiger partial charge < -0.3 is 0 Å². The molecule has 3 rings (SSSR count). The Balaban J connectivity index is 2.13. The fourth-order valence-electron chi connectivity index (χ4n) is 4.07. The van der Waals surface area contributed by atoms with E-state index in [4.69, 9.17) is 0 Å². The van der Waals surface area contributed by atoms with E-state index in [-0.39, 0.29) is 0 Å². The molecule has 0 aromatic heterocycles. The predicted molar refractivity (Wildman–Crippen MR) is 66.9 cm³/mol. The van der Waals surface area contributed by atoms with Gasteiger partial charge in [0.1, 0.15) is 0 Å². The van der Waals surface area contributed by atoms with Crippen molar-refractivity contribution in [3.8, 4) is 0 Å². The molecular weight excluding hydrogens is 180 g/mol. The van der Waals surface area contributed by atoms with Crippen LogP contribution in [-0.4, -0.2) is 0 Å². The van der Waals surface area contributed by atoms with Crippen LogP contribution in [0, 0.1) is 17.3 Å². The summed E-state index contributed by atoms with van der Waals surface area (Å²) in [5.74, 6) is 2.00. The van der Waals surface area contributed by atoms with Crippen LogP contribution in [0.4, 0.5) is 0 Å². The van der Waals surface area contributed by atoms with Crippen molar-refractivity contribution in [3.63, 3.8) is 0 Å². The van der Waals surface area contributed by atoms with Gasteiger partial charge in [0.2, 0.25) is 0 Å². The highest BCUT2D eigenvalue weighted by Crippen LogP contribution is 2.47. The molecule has 0 saturated heterocycles. The van der Waals surface area contributed by atoms with E-state index in [0.29, 0.717) is 0 Å². The molecule has 0 nitrogen and oxygen atoms in total. The van der Waals surface area contributed by atoms with Crippen LogP contribution in [0.15, 0.2) is 0 Å². The van der Waals surface area contributed by atoms with Crippen molar-refractivity contribution in [2.75, 3.05) is 0 Å². The van der Waals surface area contributed by atoms with Gasteiger partial charge in [0.25, 0.3) is 0 Å². The molecule has 0 aromatic rings. The first-order valence-corrected chi connectivity index (χ1v) is 7.23. The van der Waals surface area contributed by atoms with Crippen LogP contribution in [0.1, 0.15) is 78.1 Å². The van der Waals surface area contributed by atoms with E-state index in [1.54, 1.807) is 0 Å². The first kappa shape index (κ1) is 11.5. The molecule has 0 aliphatic heterocycles. The monoisotopic (exact) mass is 208 g/mol. The van der Waals surface area contributed by atoms with Crippen molar-refractivity contribution in [3.05, 3.63) is 0 Å². The van der Waals surface area contributed by atoms with Gasteiger partial charge in [0.15, 0.2) is 0 Å². The highest BCUT2D eigenvalue weighted by molar-refractivity contribution is 4.86. The third-order valence-electron chi connectivity index (χ3n) is 5.34. The lowest BCUT2D eigenvalue weighted by molar-refractivity contribution is 0.117. The molecule has 0 aromatic carbocycles. The Kier molecular flexibility index (Phi) is 3.74. The molecule has 3 saturated carbocycles. The van der Waals surface area contributed by atoms with Crippen LogP contribution in [0.25, 0.3) is 0 Å². The minimum Gasteiger partial charge on any atom is -0.0622 e. The highest BCUT2D eigenvalue weighted by atomic mass is 14.4. The van der Waals surface area contributed by atoms with E-state index in [9.17, 15) is 0 Å². The summed E-state index contributed by atoms with van der Waals surface area (Å²) in [5, 5.41) is 0. The first-order chi connectivity index (χ1) is 7.23. The maximum atomic E-state index is 2.47. The third kappa shape index (κ3) is 2.57. The van der Waals surface area contributed by atoms with Gasteiger partial charge >= 0.3 is 0 Å². The molecule has 0 spiro atoms. The van der Waals surface area contributed by atoms with Gasteiger partial charge in [0, 0.05) is 0 Å². The molecule has 0 radical (unpaired) electrons. The Labute approximate surface area is 95.8 Å². The second-order valence-corrected chi connectivity index (χ2v) is 6.41. The van der Waals surface area contributed by atoms with Crippen LogP contribution in [0.2, 0.25) is 0 Å². The molecule has 0 heteroatoms. The molecule has 15 heavy (non-hydrogen) atoms. The number of fused-ring (bicyclic) bond motifs is 7. The summed E-state index contributed by atoms with van der Waals surface area (Å²) in [6.07, 6.45) is 15.2. The largest absolute Gasteiger partial charge is 0.0622 e. The molecule has 2 bridgehead atoms. The van der Waals surface area contributed by atoms with Gasteiger partial charge in [-0.05, 0) is 36.5 Å². The van der Waals surface area contributed by atoms with E-state index in [2.05, 4.69) is 13.8 Å². The maximum absolute atomic E-state index is 2.47. The molecular formula is C15H28. The zero-order valence-electron chi connectivity index (χ0n) is 10.7. The van der Waals surface area contributed by atoms with Crippen molar-refractivity contribution in [2.45, 2.75) is 78.1 Å². The average molecular weight is 208 g/mol.